The molecule has 0 aromatic heterocycles. The summed E-state index contributed by atoms with van der Waals surface area (Å²) in [6, 6.07) is 9.32. The van der Waals surface area contributed by atoms with Crippen LogP contribution in [0.2, 0.25) is 74.0 Å². The summed E-state index contributed by atoms with van der Waals surface area (Å²) < 4.78 is 27.6. The molecule has 1 aromatic carbocycles. The standard InChI is InChI=1S/C19H32O2SSi3/c1-23(2,3)17-16(22(20,21)15-13-11-10-12-14-15)18(17,24(4,5)6)19(16,17)25(7,8)9/h10-14H,1-9H3. The Labute approximate surface area is 156 Å². The molecular formula is C19H32O2SSi3. The first-order chi connectivity index (χ1) is 11.1. The van der Waals surface area contributed by atoms with Crippen molar-refractivity contribution in [2.45, 2.75) is 83.7 Å². The Hall–Kier alpha value is -0.179. The van der Waals surface area contributed by atoms with Crippen molar-refractivity contribution in [2.75, 3.05) is 0 Å². The number of sulfone groups is 1. The topological polar surface area (TPSA) is 34.1 Å². The minimum Gasteiger partial charge on any atom is -0.223 e. The lowest BCUT2D eigenvalue weighted by Crippen LogP contribution is -2.26. The van der Waals surface area contributed by atoms with Gasteiger partial charge in [0.05, 0.1) is 33.9 Å². The first-order valence-electron chi connectivity index (χ1n) is 9.40. The smallest absolute Gasteiger partial charge is 0.184 e. The van der Waals surface area contributed by atoms with Gasteiger partial charge in [0.15, 0.2) is 9.84 Å². The molecule has 0 bridgehead atoms. The third-order valence-electron chi connectivity index (χ3n) is 7.85. The molecule has 0 spiro atoms. The van der Waals surface area contributed by atoms with E-state index in [1.54, 1.807) is 0 Å². The highest BCUT2D eigenvalue weighted by atomic mass is 32.2. The van der Waals surface area contributed by atoms with E-state index in [4.69, 9.17) is 0 Å². The van der Waals surface area contributed by atoms with Crippen LogP contribution in [-0.4, -0.2) is 37.4 Å². The molecule has 138 valence electrons. The van der Waals surface area contributed by atoms with Crippen LogP contribution in [0.15, 0.2) is 35.2 Å². The van der Waals surface area contributed by atoms with Gasteiger partial charge in [-0.05, 0) is 27.2 Å². The van der Waals surface area contributed by atoms with Crippen LogP contribution in [0.25, 0.3) is 0 Å². The zero-order valence-corrected chi connectivity index (χ0v) is 20.9. The lowest BCUT2D eigenvalue weighted by atomic mass is 10.4. The SMILES string of the molecule is C[Si](C)(C)C12C3([Si](C)(C)C)C1([Si](C)(C)C)C23S(=O)(=O)c1ccccc1. The molecule has 0 saturated heterocycles. The van der Waals surface area contributed by atoms with Crippen LogP contribution in [0, 0.1) is 0 Å². The lowest BCUT2D eigenvalue weighted by molar-refractivity contribution is 0.593. The minimum atomic E-state index is -3.27. The van der Waals surface area contributed by atoms with Crippen LogP contribution >= 0.6 is 0 Å². The van der Waals surface area contributed by atoms with E-state index >= 15 is 0 Å². The summed E-state index contributed by atoms with van der Waals surface area (Å²) in [6.45, 7) is 21.9. The average molecular weight is 409 g/mol. The average Bonchev–Trinajstić information content (AvgIpc) is 3.26. The quantitative estimate of drug-likeness (QED) is 0.605. The third-order valence-corrected chi connectivity index (χ3v) is 21.9. The monoisotopic (exact) mass is 408 g/mol. The maximum Gasteiger partial charge on any atom is 0.184 e. The Morgan fingerprint density at radius 3 is 1.24 bits per heavy atom. The van der Waals surface area contributed by atoms with E-state index in [1.165, 1.54) is 0 Å². The Morgan fingerprint density at radius 1 is 0.640 bits per heavy atom. The molecule has 2 nitrogen and oxygen atoms in total. The second-order valence-corrected chi connectivity index (χ2v) is 29.3. The molecule has 0 radical (unpaired) electrons. The lowest BCUT2D eigenvalue weighted by Gasteiger charge is -2.19. The summed E-state index contributed by atoms with van der Waals surface area (Å²) in [5.41, 5.74) is 0. The summed E-state index contributed by atoms with van der Waals surface area (Å²) in [5, 5.41) is 0.469. The van der Waals surface area contributed by atoms with Crippen molar-refractivity contribution >= 4 is 34.1 Å². The highest BCUT2D eigenvalue weighted by Crippen LogP contribution is 3.47. The molecule has 0 N–H and O–H groups in total. The fourth-order valence-electron chi connectivity index (χ4n) is 8.32. The molecule has 25 heavy (non-hydrogen) atoms. The van der Waals surface area contributed by atoms with Gasteiger partial charge in [-0.25, -0.2) is 8.42 Å². The zero-order valence-electron chi connectivity index (χ0n) is 17.1. The van der Waals surface area contributed by atoms with E-state index in [0.29, 0.717) is 4.90 Å². The van der Waals surface area contributed by atoms with Crippen molar-refractivity contribution in [3.8, 4) is 0 Å². The predicted molar refractivity (Wildman–Crippen MR) is 114 cm³/mol. The van der Waals surface area contributed by atoms with Crippen LogP contribution in [0.5, 0.6) is 0 Å². The minimum absolute atomic E-state index is 0.156. The molecule has 0 atom stereocenters. The van der Waals surface area contributed by atoms with Crippen molar-refractivity contribution in [3.63, 3.8) is 0 Å². The van der Waals surface area contributed by atoms with Gasteiger partial charge in [-0.15, -0.1) is 0 Å². The molecule has 4 fully saturated rings. The van der Waals surface area contributed by atoms with Gasteiger partial charge >= 0.3 is 0 Å². The molecule has 1 aromatic rings. The fraction of sp³-hybridized carbons (Fsp3) is 0.684. The fourth-order valence-corrected chi connectivity index (χ4v) is 35.9. The second kappa shape index (κ2) is 3.98. The van der Waals surface area contributed by atoms with Crippen molar-refractivity contribution in [3.05, 3.63) is 30.3 Å². The van der Waals surface area contributed by atoms with Crippen LogP contribution in [0.1, 0.15) is 0 Å². The summed E-state index contributed by atoms with van der Waals surface area (Å²) in [5.74, 6) is 0. The van der Waals surface area contributed by atoms with Gasteiger partial charge in [0.1, 0.15) is 0 Å². The van der Waals surface area contributed by atoms with Crippen LogP contribution in [0.4, 0.5) is 0 Å². The number of benzene rings is 1. The Morgan fingerprint density at radius 2 is 0.960 bits per heavy atom. The van der Waals surface area contributed by atoms with E-state index in [-0.39, 0.29) is 15.1 Å². The van der Waals surface area contributed by atoms with E-state index in [2.05, 4.69) is 58.9 Å². The van der Waals surface area contributed by atoms with Gasteiger partial charge in [-0.2, -0.15) is 0 Å². The van der Waals surface area contributed by atoms with E-state index in [0.717, 1.165) is 0 Å². The van der Waals surface area contributed by atoms with Gasteiger partial charge in [0.2, 0.25) is 0 Å². The van der Waals surface area contributed by atoms with Crippen molar-refractivity contribution in [1.82, 2.24) is 0 Å². The second-order valence-electron chi connectivity index (χ2n) is 11.5. The molecule has 4 aliphatic carbocycles. The van der Waals surface area contributed by atoms with E-state index in [9.17, 15) is 8.42 Å². The Kier molecular flexibility index (Phi) is 2.90. The van der Waals surface area contributed by atoms with Crippen LogP contribution in [0.3, 0.4) is 0 Å². The first kappa shape index (κ1) is 18.2. The van der Waals surface area contributed by atoms with Gasteiger partial charge in [0.25, 0.3) is 0 Å². The molecule has 6 heteroatoms. The number of rotatable bonds is 5. The van der Waals surface area contributed by atoms with Crippen molar-refractivity contribution < 1.29 is 8.42 Å². The van der Waals surface area contributed by atoms with Crippen molar-refractivity contribution in [1.29, 1.82) is 0 Å². The maximum absolute atomic E-state index is 14.0. The van der Waals surface area contributed by atoms with Gasteiger partial charge < -0.3 is 0 Å². The molecule has 0 aliphatic heterocycles. The molecule has 0 amide bonds. The number of hydrogen-bond donors (Lipinski definition) is 0. The Bertz CT molecular complexity index is 813. The van der Waals surface area contributed by atoms with Crippen LogP contribution < -0.4 is 0 Å². The highest BCUT2D eigenvalue weighted by Gasteiger charge is 3.42. The normalized spacial score (nSPS) is 42.0. The van der Waals surface area contributed by atoms with E-state index in [1.807, 2.05) is 30.3 Å². The highest BCUT2D eigenvalue weighted by molar-refractivity contribution is 7.95. The molecular weight excluding hydrogens is 377 g/mol. The first-order valence-corrected chi connectivity index (χ1v) is 21.4. The number of hydrogen-bond acceptors (Lipinski definition) is 2. The summed E-state index contributed by atoms with van der Waals surface area (Å²) in [6.07, 6.45) is 0. The van der Waals surface area contributed by atoms with E-state index < -0.39 is 38.8 Å². The summed E-state index contributed by atoms with van der Waals surface area (Å²) in [7, 11) is -8.15. The summed E-state index contributed by atoms with van der Waals surface area (Å²) in [4.78, 5) is 0.565. The van der Waals surface area contributed by atoms with Crippen molar-refractivity contribution in [2.24, 2.45) is 0 Å². The predicted octanol–water partition coefficient (Wildman–Crippen LogP) is 5.48. The van der Waals surface area contributed by atoms with Gasteiger partial charge in [-0.3, -0.25) is 0 Å². The molecule has 5 rings (SSSR count). The molecule has 4 aliphatic rings. The van der Waals surface area contributed by atoms with Gasteiger partial charge in [-0.1, -0.05) is 77.1 Å². The molecule has 4 saturated carbocycles. The largest absolute Gasteiger partial charge is 0.223 e. The van der Waals surface area contributed by atoms with Crippen LogP contribution in [-0.2, 0) is 9.84 Å². The third kappa shape index (κ3) is 1.24. The van der Waals surface area contributed by atoms with Gasteiger partial charge in [0, 0.05) is 0 Å². The summed E-state index contributed by atoms with van der Waals surface area (Å²) >= 11 is 0. The maximum atomic E-state index is 14.0. The Balaban J connectivity index is 2.02. The molecule has 0 unspecified atom stereocenters. The zero-order chi connectivity index (χ0) is 19.1. The molecule has 0 heterocycles.